The van der Waals surface area contributed by atoms with Crippen molar-refractivity contribution in [1.82, 2.24) is 21.3 Å². The van der Waals surface area contributed by atoms with Crippen molar-refractivity contribution in [3.63, 3.8) is 0 Å². The minimum atomic E-state index is -1.62. The number of benzene rings is 1. The van der Waals surface area contributed by atoms with Crippen molar-refractivity contribution in [1.29, 1.82) is 0 Å². The van der Waals surface area contributed by atoms with Gasteiger partial charge in [-0.1, -0.05) is 27.7 Å². The SMILES string of the molecule is CC(=O)NC(CC(C)C)C(=O)NC(CCC(=O)O)C(=O)NC(C(=O)NC(CC(=O)O)C(=O)Nc1ccc([N+](=O)[O-])cc1)C(C)C. The third-order valence-electron chi connectivity index (χ3n) is 6.29. The van der Waals surface area contributed by atoms with Gasteiger partial charge in [0.2, 0.25) is 29.5 Å². The zero-order chi connectivity index (χ0) is 34.4. The molecule has 0 aliphatic heterocycles. The second kappa shape index (κ2) is 17.9. The number of rotatable bonds is 18. The lowest BCUT2D eigenvalue weighted by atomic mass is 10.00. The molecule has 1 aromatic rings. The van der Waals surface area contributed by atoms with E-state index in [1.165, 1.54) is 19.1 Å². The van der Waals surface area contributed by atoms with E-state index in [0.29, 0.717) is 0 Å². The van der Waals surface area contributed by atoms with Gasteiger partial charge in [-0.3, -0.25) is 43.7 Å². The van der Waals surface area contributed by atoms with Crippen LogP contribution in [0.4, 0.5) is 11.4 Å². The van der Waals surface area contributed by atoms with Gasteiger partial charge in [-0.2, -0.15) is 0 Å². The van der Waals surface area contributed by atoms with Crippen LogP contribution in [0.25, 0.3) is 0 Å². The van der Waals surface area contributed by atoms with E-state index < -0.39 is 89.3 Å². The fraction of sp³-hybridized carbons (Fsp3) is 0.536. The molecule has 0 spiro atoms. The Morgan fingerprint density at radius 1 is 0.756 bits per heavy atom. The highest BCUT2D eigenvalue weighted by molar-refractivity contribution is 6.00. The molecule has 7 N–H and O–H groups in total. The molecule has 17 nitrogen and oxygen atoms in total. The van der Waals surface area contributed by atoms with Crippen molar-refractivity contribution < 1.29 is 48.7 Å². The molecule has 0 bridgehead atoms. The summed E-state index contributed by atoms with van der Waals surface area (Å²) in [6, 6.07) is -0.750. The number of carboxylic acids is 2. The van der Waals surface area contributed by atoms with Crippen molar-refractivity contribution in [2.24, 2.45) is 11.8 Å². The van der Waals surface area contributed by atoms with Gasteiger partial charge in [0.25, 0.3) is 5.69 Å². The third-order valence-corrected chi connectivity index (χ3v) is 6.29. The van der Waals surface area contributed by atoms with Gasteiger partial charge in [0.1, 0.15) is 24.2 Å². The third kappa shape index (κ3) is 13.8. The van der Waals surface area contributed by atoms with Crippen LogP contribution in [0.5, 0.6) is 0 Å². The van der Waals surface area contributed by atoms with Gasteiger partial charge >= 0.3 is 11.9 Å². The molecule has 17 heteroatoms. The fourth-order valence-corrected chi connectivity index (χ4v) is 4.09. The van der Waals surface area contributed by atoms with E-state index in [1.807, 2.05) is 13.8 Å². The van der Waals surface area contributed by atoms with E-state index in [9.17, 15) is 48.8 Å². The topological polar surface area (TPSA) is 263 Å². The molecule has 45 heavy (non-hydrogen) atoms. The maximum atomic E-state index is 13.3. The molecule has 0 fully saturated rings. The summed E-state index contributed by atoms with van der Waals surface area (Å²) >= 11 is 0. The normalized spacial score (nSPS) is 13.5. The number of anilines is 1. The molecular weight excluding hydrogens is 596 g/mol. The van der Waals surface area contributed by atoms with Crippen LogP contribution < -0.4 is 26.6 Å². The molecule has 0 aromatic heterocycles. The average Bonchev–Trinajstić information content (AvgIpc) is 2.92. The van der Waals surface area contributed by atoms with Gasteiger partial charge < -0.3 is 36.8 Å². The van der Waals surface area contributed by atoms with Gasteiger partial charge in [-0.15, -0.1) is 0 Å². The predicted octanol–water partition coefficient (Wildman–Crippen LogP) is 0.534. The van der Waals surface area contributed by atoms with E-state index in [4.69, 9.17) is 5.11 Å². The lowest BCUT2D eigenvalue weighted by molar-refractivity contribution is -0.384. The lowest BCUT2D eigenvalue weighted by Crippen LogP contribution is -2.59. The molecule has 0 aliphatic carbocycles. The number of carbonyl (C=O) groups is 7. The molecule has 0 aliphatic rings. The van der Waals surface area contributed by atoms with Crippen molar-refractivity contribution in [2.45, 2.75) is 84.5 Å². The quantitative estimate of drug-likeness (QED) is 0.0863. The van der Waals surface area contributed by atoms with Crippen molar-refractivity contribution in [3.05, 3.63) is 34.4 Å². The molecule has 4 atom stereocenters. The van der Waals surface area contributed by atoms with Gasteiger partial charge in [-0.25, -0.2) is 0 Å². The smallest absolute Gasteiger partial charge is 0.305 e. The average molecular weight is 637 g/mol. The van der Waals surface area contributed by atoms with Gasteiger partial charge in [0.15, 0.2) is 0 Å². The minimum absolute atomic E-state index is 0.0238. The monoisotopic (exact) mass is 636 g/mol. The lowest BCUT2D eigenvalue weighted by Gasteiger charge is -2.28. The summed E-state index contributed by atoms with van der Waals surface area (Å²) in [4.78, 5) is 96.9. The van der Waals surface area contributed by atoms with Crippen LogP contribution in [0.3, 0.4) is 0 Å². The molecule has 0 heterocycles. The Labute approximate surface area is 259 Å². The van der Waals surface area contributed by atoms with Crippen LogP contribution in [0, 0.1) is 22.0 Å². The fourth-order valence-electron chi connectivity index (χ4n) is 4.09. The maximum Gasteiger partial charge on any atom is 0.305 e. The van der Waals surface area contributed by atoms with Gasteiger partial charge in [-0.05, 0) is 36.8 Å². The molecule has 1 aromatic carbocycles. The van der Waals surface area contributed by atoms with Crippen LogP contribution in [-0.4, -0.2) is 80.8 Å². The number of nitro benzene ring substituents is 1. The zero-order valence-electron chi connectivity index (χ0n) is 25.6. The summed E-state index contributed by atoms with van der Waals surface area (Å²) in [6.45, 7) is 7.94. The first-order valence-electron chi connectivity index (χ1n) is 14.1. The summed E-state index contributed by atoms with van der Waals surface area (Å²) in [7, 11) is 0. The Hall–Kier alpha value is -5.09. The Bertz CT molecular complexity index is 1270. The summed E-state index contributed by atoms with van der Waals surface area (Å²) < 4.78 is 0. The Kier molecular flexibility index (Phi) is 15.1. The molecule has 0 radical (unpaired) electrons. The second-order valence-electron chi connectivity index (χ2n) is 11.1. The van der Waals surface area contributed by atoms with E-state index in [0.717, 1.165) is 12.1 Å². The number of carbonyl (C=O) groups excluding carboxylic acids is 5. The second-order valence-corrected chi connectivity index (χ2v) is 11.1. The number of hydrogen-bond donors (Lipinski definition) is 7. The number of nitro groups is 1. The van der Waals surface area contributed by atoms with Crippen molar-refractivity contribution in [3.8, 4) is 0 Å². The van der Waals surface area contributed by atoms with Crippen LogP contribution in [0.2, 0.25) is 0 Å². The number of aliphatic carboxylic acids is 2. The van der Waals surface area contributed by atoms with Crippen LogP contribution in [0.15, 0.2) is 24.3 Å². The molecule has 1 rings (SSSR count). The first-order chi connectivity index (χ1) is 20.9. The summed E-state index contributed by atoms with van der Waals surface area (Å²) in [5.74, 6) is -7.38. The molecule has 4 unspecified atom stereocenters. The largest absolute Gasteiger partial charge is 0.481 e. The zero-order valence-corrected chi connectivity index (χ0v) is 25.6. The number of amides is 5. The van der Waals surface area contributed by atoms with E-state index in [-0.39, 0.29) is 30.1 Å². The van der Waals surface area contributed by atoms with E-state index in [1.54, 1.807) is 13.8 Å². The Morgan fingerprint density at radius 3 is 1.78 bits per heavy atom. The Morgan fingerprint density at radius 2 is 1.31 bits per heavy atom. The summed E-state index contributed by atoms with van der Waals surface area (Å²) in [6.07, 6.45) is -1.49. The standard InChI is InChI=1S/C28H40N6O11/c1-14(2)12-20(29-16(5)35)27(42)31-19(10-11-22(36)37)25(40)33-24(15(3)4)28(43)32-21(13-23(38)39)26(41)30-17-6-8-18(9-7-17)34(44)45/h6-9,14-15,19-21,24H,10-13H2,1-5H3,(H,29,35)(H,30,41)(H,31,42)(H,32,43)(H,33,40)(H,36,37)(H,38,39). The molecule has 248 valence electrons. The highest BCUT2D eigenvalue weighted by atomic mass is 16.6. The van der Waals surface area contributed by atoms with Crippen LogP contribution >= 0.6 is 0 Å². The van der Waals surface area contributed by atoms with Crippen molar-refractivity contribution in [2.75, 3.05) is 5.32 Å². The maximum absolute atomic E-state index is 13.3. The highest BCUT2D eigenvalue weighted by Crippen LogP contribution is 2.16. The van der Waals surface area contributed by atoms with E-state index >= 15 is 0 Å². The molecule has 0 saturated heterocycles. The summed E-state index contributed by atoms with van der Waals surface area (Å²) in [5, 5.41) is 41.4. The van der Waals surface area contributed by atoms with Crippen molar-refractivity contribution >= 4 is 52.8 Å². The van der Waals surface area contributed by atoms with Crippen LogP contribution in [-0.2, 0) is 33.6 Å². The molecule has 5 amide bonds. The number of nitrogens with zero attached hydrogens (tertiary/aromatic N) is 1. The molecule has 0 saturated carbocycles. The first kappa shape index (κ1) is 37.9. The summed E-state index contributed by atoms with van der Waals surface area (Å²) in [5.41, 5.74) is -0.154. The predicted molar refractivity (Wildman–Crippen MR) is 159 cm³/mol. The first-order valence-corrected chi connectivity index (χ1v) is 14.1. The minimum Gasteiger partial charge on any atom is -0.481 e. The highest BCUT2D eigenvalue weighted by Gasteiger charge is 2.33. The number of carboxylic acid groups (broad SMARTS) is 2. The number of hydrogen-bond acceptors (Lipinski definition) is 9. The van der Waals surface area contributed by atoms with Gasteiger partial charge in [0, 0.05) is 31.2 Å². The molecular formula is C28H40N6O11. The van der Waals surface area contributed by atoms with Crippen LogP contribution in [0.1, 0.15) is 60.3 Å². The van der Waals surface area contributed by atoms with Gasteiger partial charge in [0.05, 0.1) is 11.3 Å². The number of non-ortho nitro benzene ring substituents is 1. The number of nitrogens with one attached hydrogen (secondary N) is 5. The Balaban J connectivity index is 3.15. The van der Waals surface area contributed by atoms with E-state index in [2.05, 4.69) is 26.6 Å².